The van der Waals surface area contributed by atoms with Gasteiger partial charge in [-0.3, -0.25) is 4.79 Å². The highest BCUT2D eigenvalue weighted by atomic mass is 79.9. The van der Waals surface area contributed by atoms with Crippen molar-refractivity contribution in [3.05, 3.63) is 46.2 Å². The van der Waals surface area contributed by atoms with Crippen LogP contribution in [-0.2, 0) is 6.54 Å². The summed E-state index contributed by atoms with van der Waals surface area (Å²) in [5.74, 6) is 0.408. The Kier molecular flexibility index (Phi) is 4.52. The number of halogens is 1. The largest absolute Gasteiger partial charge is 0.481 e. The number of aromatic nitrogens is 2. The molecule has 0 aliphatic carbocycles. The predicted octanol–water partition coefficient (Wildman–Crippen LogP) is 1.76. The van der Waals surface area contributed by atoms with Crippen LogP contribution in [0.25, 0.3) is 0 Å². The van der Waals surface area contributed by atoms with E-state index in [-0.39, 0.29) is 11.7 Å². The third-order valence-corrected chi connectivity index (χ3v) is 3.02. The first-order valence-electron chi connectivity index (χ1n) is 5.78. The normalized spacial score (nSPS) is 10.1. The Morgan fingerprint density at radius 2 is 2.25 bits per heavy atom. The lowest BCUT2D eigenvalue weighted by Gasteiger charge is -2.08. The van der Waals surface area contributed by atoms with Gasteiger partial charge in [0.25, 0.3) is 5.91 Å². The second kappa shape index (κ2) is 6.33. The summed E-state index contributed by atoms with van der Waals surface area (Å²) in [5, 5.41) is 2.77. The molecule has 0 unspecified atom stereocenters. The fourth-order valence-corrected chi connectivity index (χ4v) is 1.91. The average Bonchev–Trinajstić information content (AvgIpc) is 2.47. The van der Waals surface area contributed by atoms with Gasteiger partial charge in [0.2, 0.25) is 5.88 Å². The van der Waals surface area contributed by atoms with E-state index in [2.05, 4.69) is 31.2 Å². The molecule has 0 fully saturated rings. The average molecular weight is 337 g/mol. The molecule has 2 heterocycles. The van der Waals surface area contributed by atoms with Crippen LogP contribution in [0, 0.1) is 0 Å². The predicted molar refractivity (Wildman–Crippen MR) is 78.3 cm³/mol. The first-order chi connectivity index (χ1) is 9.60. The van der Waals surface area contributed by atoms with E-state index in [4.69, 9.17) is 10.5 Å². The number of rotatable bonds is 4. The van der Waals surface area contributed by atoms with Crippen molar-refractivity contribution >= 4 is 27.7 Å². The molecule has 3 N–H and O–H groups in total. The number of hydrogen-bond acceptors (Lipinski definition) is 5. The molecule has 0 bridgehead atoms. The van der Waals surface area contributed by atoms with Crippen molar-refractivity contribution in [3.63, 3.8) is 0 Å². The van der Waals surface area contributed by atoms with Crippen molar-refractivity contribution in [1.82, 2.24) is 15.3 Å². The van der Waals surface area contributed by atoms with Crippen molar-refractivity contribution < 1.29 is 9.53 Å². The maximum Gasteiger partial charge on any atom is 0.255 e. The van der Waals surface area contributed by atoms with Gasteiger partial charge >= 0.3 is 0 Å². The minimum absolute atomic E-state index is 0.193. The molecule has 2 aromatic rings. The van der Waals surface area contributed by atoms with Crippen LogP contribution in [0.5, 0.6) is 5.88 Å². The zero-order chi connectivity index (χ0) is 14.5. The van der Waals surface area contributed by atoms with Crippen molar-refractivity contribution in [2.75, 3.05) is 12.8 Å². The molecule has 0 radical (unpaired) electrons. The highest BCUT2D eigenvalue weighted by Crippen LogP contribution is 2.15. The molecule has 2 aromatic heterocycles. The highest BCUT2D eigenvalue weighted by Gasteiger charge is 2.11. The molecule has 7 heteroatoms. The number of ether oxygens (including phenoxy) is 1. The molecule has 0 saturated carbocycles. The molecule has 1 amide bonds. The van der Waals surface area contributed by atoms with Gasteiger partial charge in [-0.15, -0.1) is 0 Å². The number of pyridine rings is 2. The van der Waals surface area contributed by atoms with Crippen LogP contribution in [0.2, 0.25) is 0 Å². The van der Waals surface area contributed by atoms with Gasteiger partial charge in [0.1, 0.15) is 5.82 Å². The van der Waals surface area contributed by atoms with E-state index in [1.54, 1.807) is 37.7 Å². The van der Waals surface area contributed by atoms with E-state index in [0.717, 1.165) is 5.56 Å². The SMILES string of the molecule is COc1cc(CNC(=O)c2cc(Br)cnc2N)ccn1. The van der Waals surface area contributed by atoms with Crippen LogP contribution in [0.4, 0.5) is 5.82 Å². The number of methoxy groups -OCH3 is 1. The Labute approximate surface area is 124 Å². The molecule has 0 aliphatic rings. The standard InChI is InChI=1S/C13H13BrN4O2/c1-20-11-4-8(2-3-16-11)6-18-13(19)10-5-9(14)7-17-12(10)15/h2-5,7H,6H2,1H3,(H2,15,17)(H,18,19). The summed E-state index contributed by atoms with van der Waals surface area (Å²) >= 11 is 3.26. The number of hydrogen-bond donors (Lipinski definition) is 2. The molecule has 0 atom stereocenters. The lowest BCUT2D eigenvalue weighted by atomic mass is 10.2. The Morgan fingerprint density at radius 1 is 1.45 bits per heavy atom. The highest BCUT2D eigenvalue weighted by molar-refractivity contribution is 9.10. The topological polar surface area (TPSA) is 90.1 Å². The van der Waals surface area contributed by atoms with E-state index < -0.39 is 0 Å². The summed E-state index contributed by atoms with van der Waals surface area (Å²) in [7, 11) is 1.54. The molecule has 2 rings (SSSR count). The monoisotopic (exact) mass is 336 g/mol. The van der Waals surface area contributed by atoms with Crippen molar-refractivity contribution in [3.8, 4) is 5.88 Å². The minimum Gasteiger partial charge on any atom is -0.481 e. The Morgan fingerprint density at radius 3 is 3.00 bits per heavy atom. The second-order valence-electron chi connectivity index (χ2n) is 3.98. The summed E-state index contributed by atoms with van der Waals surface area (Å²) in [6.07, 6.45) is 3.16. The van der Waals surface area contributed by atoms with Crippen LogP contribution in [0.1, 0.15) is 15.9 Å². The lowest BCUT2D eigenvalue weighted by Crippen LogP contribution is -2.24. The Balaban J connectivity index is 2.06. The second-order valence-corrected chi connectivity index (χ2v) is 4.89. The third kappa shape index (κ3) is 3.45. The van der Waals surface area contributed by atoms with Gasteiger partial charge in [0, 0.05) is 29.5 Å². The van der Waals surface area contributed by atoms with E-state index in [1.807, 2.05) is 0 Å². The fraction of sp³-hybridized carbons (Fsp3) is 0.154. The number of nitrogens with one attached hydrogen (secondary N) is 1. The quantitative estimate of drug-likeness (QED) is 0.887. The maximum absolute atomic E-state index is 12.0. The summed E-state index contributed by atoms with van der Waals surface area (Å²) in [5.41, 5.74) is 6.90. The number of nitrogen functional groups attached to an aromatic ring is 1. The molecule has 0 saturated heterocycles. The summed E-state index contributed by atoms with van der Waals surface area (Å²) in [4.78, 5) is 20.0. The number of amides is 1. The van der Waals surface area contributed by atoms with Crippen molar-refractivity contribution in [2.24, 2.45) is 0 Å². The van der Waals surface area contributed by atoms with Crippen LogP contribution in [-0.4, -0.2) is 23.0 Å². The van der Waals surface area contributed by atoms with Crippen LogP contribution >= 0.6 is 15.9 Å². The zero-order valence-electron chi connectivity index (χ0n) is 10.8. The van der Waals surface area contributed by atoms with E-state index in [0.29, 0.717) is 22.5 Å². The fourth-order valence-electron chi connectivity index (χ4n) is 1.58. The smallest absolute Gasteiger partial charge is 0.255 e. The molecular formula is C13H13BrN4O2. The summed E-state index contributed by atoms with van der Waals surface area (Å²) in [6, 6.07) is 5.18. The van der Waals surface area contributed by atoms with E-state index >= 15 is 0 Å². The molecule has 0 aromatic carbocycles. The summed E-state index contributed by atoms with van der Waals surface area (Å²) in [6.45, 7) is 0.351. The number of nitrogens with zero attached hydrogens (tertiary/aromatic N) is 2. The van der Waals surface area contributed by atoms with Gasteiger partial charge in [0.05, 0.1) is 12.7 Å². The van der Waals surface area contributed by atoms with Crippen molar-refractivity contribution in [2.45, 2.75) is 6.54 Å². The van der Waals surface area contributed by atoms with Gasteiger partial charge in [-0.25, -0.2) is 9.97 Å². The van der Waals surface area contributed by atoms with Gasteiger partial charge in [0.15, 0.2) is 0 Å². The van der Waals surface area contributed by atoms with Crippen LogP contribution in [0.15, 0.2) is 35.1 Å². The third-order valence-electron chi connectivity index (χ3n) is 2.59. The van der Waals surface area contributed by atoms with Crippen LogP contribution < -0.4 is 15.8 Å². The first-order valence-corrected chi connectivity index (χ1v) is 6.57. The van der Waals surface area contributed by atoms with Crippen molar-refractivity contribution in [1.29, 1.82) is 0 Å². The molecule has 6 nitrogen and oxygen atoms in total. The zero-order valence-corrected chi connectivity index (χ0v) is 12.3. The Hall–Kier alpha value is -2.15. The molecule has 0 aliphatic heterocycles. The molecule has 0 spiro atoms. The van der Waals surface area contributed by atoms with Gasteiger partial charge < -0.3 is 15.8 Å². The number of carbonyl (C=O) groups is 1. The number of nitrogens with two attached hydrogens (primary N) is 1. The first kappa shape index (κ1) is 14.3. The number of carbonyl (C=O) groups excluding carboxylic acids is 1. The summed E-state index contributed by atoms with van der Waals surface area (Å²) < 4.78 is 5.72. The molecule has 104 valence electrons. The molecular weight excluding hydrogens is 324 g/mol. The van der Waals surface area contributed by atoms with Gasteiger partial charge in [-0.05, 0) is 33.6 Å². The van der Waals surface area contributed by atoms with E-state index in [9.17, 15) is 4.79 Å². The van der Waals surface area contributed by atoms with Gasteiger partial charge in [-0.1, -0.05) is 0 Å². The minimum atomic E-state index is -0.285. The Bertz CT molecular complexity index is 634. The molecule has 20 heavy (non-hydrogen) atoms. The maximum atomic E-state index is 12.0. The number of anilines is 1. The van der Waals surface area contributed by atoms with Gasteiger partial charge in [-0.2, -0.15) is 0 Å². The van der Waals surface area contributed by atoms with E-state index in [1.165, 1.54) is 0 Å². The lowest BCUT2D eigenvalue weighted by molar-refractivity contribution is 0.0951. The van der Waals surface area contributed by atoms with Crippen LogP contribution in [0.3, 0.4) is 0 Å².